The first kappa shape index (κ1) is 15.2. The minimum absolute atomic E-state index is 0.120. The molecule has 0 aromatic heterocycles. The van der Waals surface area contributed by atoms with Gasteiger partial charge >= 0.3 is 0 Å². The van der Waals surface area contributed by atoms with Crippen LogP contribution in [-0.2, 0) is 0 Å². The van der Waals surface area contributed by atoms with Crippen molar-refractivity contribution in [2.75, 3.05) is 38.5 Å². The molecule has 7 heteroatoms. The number of aromatic hydroxyl groups is 1. The zero-order valence-electron chi connectivity index (χ0n) is 12.7. The van der Waals surface area contributed by atoms with Crippen LogP contribution in [0.5, 0.6) is 5.75 Å². The summed E-state index contributed by atoms with van der Waals surface area (Å²) >= 11 is 0. The van der Waals surface area contributed by atoms with Crippen LogP contribution in [0, 0.1) is 0 Å². The maximum atomic E-state index is 12.5. The van der Waals surface area contributed by atoms with Gasteiger partial charge in [-0.15, -0.1) is 0 Å². The molecule has 0 saturated carbocycles. The quantitative estimate of drug-likeness (QED) is 0.618. The summed E-state index contributed by atoms with van der Waals surface area (Å²) in [5.74, 6) is -0.464. The van der Waals surface area contributed by atoms with Gasteiger partial charge in [0.15, 0.2) is 5.75 Å². The molecule has 0 spiro atoms. The molecule has 0 atom stereocenters. The highest BCUT2D eigenvalue weighted by molar-refractivity contribution is 5.99. The van der Waals surface area contributed by atoms with Crippen molar-refractivity contribution in [2.45, 2.75) is 0 Å². The number of likely N-dealkylation sites (N-methyl/N-ethyl adjacent to an activating group) is 1. The Hall–Kier alpha value is -2.67. The molecule has 0 unspecified atom stereocenters. The van der Waals surface area contributed by atoms with Crippen molar-refractivity contribution in [3.63, 3.8) is 0 Å². The van der Waals surface area contributed by atoms with Gasteiger partial charge in [-0.05, 0) is 19.2 Å². The third kappa shape index (κ3) is 2.83. The molecule has 7 nitrogen and oxygen atoms in total. The van der Waals surface area contributed by atoms with Gasteiger partial charge in [0.25, 0.3) is 5.91 Å². The van der Waals surface area contributed by atoms with E-state index < -0.39 is 10.9 Å². The predicted octanol–water partition coefficient (Wildman–Crippen LogP) is 0.119. The Balaban J connectivity index is 1.82. The maximum Gasteiger partial charge on any atom is 0.257 e. The fourth-order valence-corrected chi connectivity index (χ4v) is 2.55. The van der Waals surface area contributed by atoms with Gasteiger partial charge in [0.1, 0.15) is 0 Å². The summed E-state index contributed by atoms with van der Waals surface area (Å²) < 4.78 is 0. The molecule has 1 fully saturated rings. The minimum atomic E-state index is -0.625. The second-order valence-electron chi connectivity index (χ2n) is 5.67. The van der Waals surface area contributed by atoms with Gasteiger partial charge in [0.2, 0.25) is 10.9 Å². The first-order chi connectivity index (χ1) is 11.0. The van der Waals surface area contributed by atoms with Gasteiger partial charge in [0.05, 0.1) is 16.9 Å². The average Bonchev–Trinajstić information content (AvgIpc) is 2.56. The number of piperazine rings is 1. The molecular weight excluding hydrogens is 298 g/mol. The van der Waals surface area contributed by atoms with E-state index in [2.05, 4.69) is 10.2 Å². The van der Waals surface area contributed by atoms with Crippen molar-refractivity contribution in [1.82, 2.24) is 9.80 Å². The summed E-state index contributed by atoms with van der Waals surface area (Å²) in [4.78, 5) is 38.6. The number of nitrogens with zero attached hydrogens (tertiary/aromatic N) is 2. The number of amides is 1. The van der Waals surface area contributed by atoms with E-state index in [4.69, 9.17) is 0 Å². The standard InChI is InChI=1S/C16H17N3O4/c1-18-5-7-19(8-6-18)16(23)10-3-2-4-11(14(10)21)17-12-9-13(20)15(12)22/h2-4,9,17,21H,5-8H2,1H3. The number of hydrogen-bond acceptors (Lipinski definition) is 6. The van der Waals surface area contributed by atoms with Crippen LogP contribution in [0.25, 0.3) is 0 Å². The largest absolute Gasteiger partial charge is 0.505 e. The Labute approximate surface area is 132 Å². The van der Waals surface area contributed by atoms with Crippen LogP contribution >= 0.6 is 0 Å². The molecule has 1 aliphatic rings. The summed E-state index contributed by atoms with van der Waals surface area (Å²) in [5, 5.41) is 13.0. The van der Waals surface area contributed by atoms with E-state index in [1.807, 2.05) is 7.05 Å². The highest BCUT2D eigenvalue weighted by Crippen LogP contribution is 2.30. The summed E-state index contributed by atoms with van der Waals surface area (Å²) in [6.45, 7) is 2.77. The van der Waals surface area contributed by atoms with E-state index in [-0.39, 0.29) is 28.6 Å². The van der Waals surface area contributed by atoms with Crippen LogP contribution < -0.4 is 16.2 Å². The van der Waals surface area contributed by atoms with Crippen molar-refractivity contribution in [1.29, 1.82) is 0 Å². The molecule has 0 bridgehead atoms. The first-order valence-electron chi connectivity index (χ1n) is 7.34. The number of rotatable bonds is 3. The first-order valence-corrected chi connectivity index (χ1v) is 7.34. The fourth-order valence-electron chi connectivity index (χ4n) is 2.55. The predicted molar refractivity (Wildman–Crippen MR) is 86.1 cm³/mol. The molecule has 1 saturated heterocycles. The number of para-hydroxylation sites is 1. The van der Waals surface area contributed by atoms with E-state index in [0.29, 0.717) is 13.1 Å². The number of carbonyl (C=O) groups is 1. The van der Waals surface area contributed by atoms with Gasteiger partial charge in [-0.25, -0.2) is 0 Å². The van der Waals surface area contributed by atoms with Gasteiger partial charge in [0, 0.05) is 32.2 Å². The number of hydrogen-bond donors (Lipinski definition) is 2. The van der Waals surface area contributed by atoms with E-state index in [0.717, 1.165) is 19.2 Å². The normalized spacial score (nSPS) is 15.8. The Morgan fingerprint density at radius 3 is 2.43 bits per heavy atom. The third-order valence-electron chi connectivity index (χ3n) is 4.07. The maximum absolute atomic E-state index is 12.5. The molecule has 23 heavy (non-hydrogen) atoms. The molecule has 1 heterocycles. The number of anilines is 2. The molecule has 120 valence electrons. The van der Waals surface area contributed by atoms with Crippen molar-refractivity contribution in [3.05, 3.63) is 50.3 Å². The third-order valence-corrected chi connectivity index (χ3v) is 4.07. The summed E-state index contributed by atoms with van der Waals surface area (Å²) in [6.07, 6.45) is 0. The number of phenols is 1. The zero-order valence-corrected chi connectivity index (χ0v) is 12.7. The Morgan fingerprint density at radius 2 is 1.83 bits per heavy atom. The van der Waals surface area contributed by atoms with Crippen LogP contribution in [0.3, 0.4) is 0 Å². The molecule has 2 aromatic rings. The van der Waals surface area contributed by atoms with E-state index in [1.165, 1.54) is 0 Å². The molecule has 3 rings (SSSR count). The molecule has 1 amide bonds. The highest BCUT2D eigenvalue weighted by atomic mass is 16.3. The van der Waals surface area contributed by atoms with E-state index in [9.17, 15) is 19.5 Å². The molecule has 1 aliphatic heterocycles. The minimum Gasteiger partial charge on any atom is -0.505 e. The second kappa shape index (κ2) is 5.85. The van der Waals surface area contributed by atoms with Crippen molar-refractivity contribution in [3.8, 4) is 5.75 Å². The summed E-state index contributed by atoms with van der Waals surface area (Å²) in [6, 6.07) is 5.88. The van der Waals surface area contributed by atoms with E-state index in [1.54, 1.807) is 23.1 Å². The second-order valence-corrected chi connectivity index (χ2v) is 5.67. The highest BCUT2D eigenvalue weighted by Gasteiger charge is 2.24. The van der Waals surface area contributed by atoms with Crippen LogP contribution in [0.15, 0.2) is 33.9 Å². The van der Waals surface area contributed by atoms with Crippen molar-refractivity contribution >= 4 is 17.3 Å². The number of benzene rings is 1. The lowest BCUT2D eigenvalue weighted by atomic mass is 10.1. The summed E-state index contributed by atoms with van der Waals surface area (Å²) in [7, 11) is 1.99. The lowest BCUT2D eigenvalue weighted by Crippen LogP contribution is -2.47. The monoisotopic (exact) mass is 315 g/mol. The smallest absolute Gasteiger partial charge is 0.257 e. The Morgan fingerprint density at radius 1 is 1.13 bits per heavy atom. The SMILES string of the molecule is CN1CCN(C(=O)c2cccc(Nc3cc(=O)c3=O)c2O)CC1. The summed E-state index contributed by atoms with van der Waals surface area (Å²) in [5.41, 5.74) is -0.665. The average molecular weight is 315 g/mol. The van der Waals surface area contributed by atoms with Crippen LogP contribution in [0.1, 0.15) is 10.4 Å². The molecule has 2 N–H and O–H groups in total. The topological polar surface area (TPSA) is 90.0 Å². The lowest BCUT2D eigenvalue weighted by Gasteiger charge is -2.32. The van der Waals surface area contributed by atoms with Gasteiger partial charge in [-0.3, -0.25) is 14.4 Å². The molecular formula is C16H17N3O4. The van der Waals surface area contributed by atoms with E-state index >= 15 is 0 Å². The number of nitrogens with one attached hydrogen (secondary N) is 1. The van der Waals surface area contributed by atoms with Crippen LogP contribution in [0.4, 0.5) is 11.4 Å². The Kier molecular flexibility index (Phi) is 3.87. The molecule has 0 aliphatic carbocycles. The van der Waals surface area contributed by atoms with Gasteiger partial charge in [-0.2, -0.15) is 0 Å². The lowest BCUT2D eigenvalue weighted by molar-refractivity contribution is 0.0661. The number of phenolic OH excluding ortho intramolecular Hbond substituents is 1. The fraction of sp³-hybridized carbons (Fsp3) is 0.312. The Bertz CT molecular complexity index is 815. The molecule has 2 aromatic carbocycles. The van der Waals surface area contributed by atoms with Crippen molar-refractivity contribution < 1.29 is 9.90 Å². The van der Waals surface area contributed by atoms with Gasteiger partial charge in [-0.1, -0.05) is 6.07 Å². The van der Waals surface area contributed by atoms with Gasteiger partial charge < -0.3 is 20.2 Å². The van der Waals surface area contributed by atoms with Crippen LogP contribution in [0.2, 0.25) is 0 Å². The molecule has 0 radical (unpaired) electrons. The number of carbonyl (C=O) groups excluding carboxylic acids is 1. The van der Waals surface area contributed by atoms with Crippen LogP contribution in [-0.4, -0.2) is 54.0 Å². The van der Waals surface area contributed by atoms with Crippen molar-refractivity contribution in [2.24, 2.45) is 0 Å². The zero-order chi connectivity index (χ0) is 16.6.